The van der Waals surface area contributed by atoms with Crippen molar-refractivity contribution in [3.8, 4) is 0 Å². The van der Waals surface area contributed by atoms with Crippen LogP contribution in [0.1, 0.15) is 35.7 Å². The summed E-state index contributed by atoms with van der Waals surface area (Å²) < 4.78 is 0.931. The Labute approximate surface area is 119 Å². The van der Waals surface area contributed by atoms with Gasteiger partial charge in [0.05, 0.1) is 0 Å². The molecule has 1 rings (SSSR count). The summed E-state index contributed by atoms with van der Waals surface area (Å²) in [5.74, 6) is -0.000368. The van der Waals surface area contributed by atoms with Gasteiger partial charge in [-0.25, -0.2) is 0 Å². The van der Waals surface area contributed by atoms with Gasteiger partial charge in [-0.3, -0.25) is 4.79 Å². The maximum absolute atomic E-state index is 11.9. The van der Waals surface area contributed by atoms with Crippen LogP contribution in [0.4, 0.5) is 0 Å². The van der Waals surface area contributed by atoms with Gasteiger partial charge >= 0.3 is 0 Å². The molecule has 1 atom stereocenters. The van der Waals surface area contributed by atoms with E-state index < -0.39 is 0 Å². The Morgan fingerprint density at radius 2 is 2.18 bits per heavy atom. The van der Waals surface area contributed by atoms with Crippen molar-refractivity contribution in [1.82, 2.24) is 5.32 Å². The molecule has 0 spiro atoms. The number of hydrogen-bond acceptors (Lipinski definition) is 1. The normalized spacial score (nSPS) is 12.2. The fourth-order valence-electron chi connectivity index (χ4n) is 1.48. The lowest BCUT2D eigenvalue weighted by molar-refractivity contribution is 0.0952. The molecule has 4 heteroatoms. The second-order valence-electron chi connectivity index (χ2n) is 4.01. The first-order valence-corrected chi connectivity index (χ1v) is 7.44. The van der Waals surface area contributed by atoms with E-state index in [9.17, 15) is 4.79 Å². The zero-order valence-corrected chi connectivity index (χ0v) is 13.3. The summed E-state index contributed by atoms with van der Waals surface area (Å²) in [6, 6.07) is 5.74. The fourth-order valence-corrected chi connectivity index (χ4v) is 2.07. The van der Waals surface area contributed by atoms with Crippen LogP contribution in [0.25, 0.3) is 0 Å². The van der Waals surface area contributed by atoms with E-state index in [-0.39, 0.29) is 5.91 Å². The van der Waals surface area contributed by atoms with Gasteiger partial charge in [0, 0.05) is 21.4 Å². The molecule has 1 amide bonds. The fraction of sp³-hybridized carbons (Fsp3) is 0.462. The van der Waals surface area contributed by atoms with E-state index in [1.165, 1.54) is 0 Å². The molecule has 94 valence electrons. The molecule has 2 nitrogen and oxygen atoms in total. The van der Waals surface area contributed by atoms with Crippen molar-refractivity contribution in [2.24, 2.45) is 0 Å². The summed E-state index contributed by atoms with van der Waals surface area (Å²) in [7, 11) is 0. The number of aryl methyl sites for hydroxylation is 1. The lowest BCUT2D eigenvalue weighted by Gasteiger charge is -2.10. The number of alkyl halides is 1. The zero-order chi connectivity index (χ0) is 12.8. The number of halogens is 2. The summed E-state index contributed by atoms with van der Waals surface area (Å²) in [5, 5.41) is 2.94. The first kappa shape index (κ1) is 14.7. The highest BCUT2D eigenvalue weighted by molar-refractivity contribution is 9.10. The number of hydrogen-bond donors (Lipinski definition) is 1. The highest BCUT2D eigenvalue weighted by Gasteiger charge is 2.09. The molecule has 0 aliphatic rings. The molecule has 0 saturated heterocycles. The van der Waals surface area contributed by atoms with Gasteiger partial charge < -0.3 is 5.32 Å². The van der Waals surface area contributed by atoms with Crippen LogP contribution in [0.3, 0.4) is 0 Å². The van der Waals surface area contributed by atoms with Crippen molar-refractivity contribution in [3.63, 3.8) is 0 Å². The highest BCUT2D eigenvalue weighted by atomic mass is 79.9. The van der Waals surface area contributed by atoms with Gasteiger partial charge in [-0.05, 0) is 37.5 Å². The molecule has 0 bridgehead atoms. The average Bonchev–Trinajstić information content (AvgIpc) is 2.31. The summed E-state index contributed by atoms with van der Waals surface area (Å²) >= 11 is 6.93. The second kappa shape index (κ2) is 7.17. The van der Waals surface area contributed by atoms with E-state index in [1.807, 2.05) is 25.1 Å². The molecule has 0 fully saturated rings. The number of carbonyl (C=O) groups is 1. The van der Waals surface area contributed by atoms with Gasteiger partial charge in [-0.2, -0.15) is 0 Å². The zero-order valence-electron chi connectivity index (χ0n) is 10.1. The smallest absolute Gasteiger partial charge is 0.251 e. The van der Waals surface area contributed by atoms with Crippen LogP contribution >= 0.6 is 31.9 Å². The van der Waals surface area contributed by atoms with Crippen molar-refractivity contribution < 1.29 is 4.79 Å². The SMILES string of the molecule is CCC(Br)CCNC(=O)c1cc(Br)ccc1C. The predicted octanol–water partition coefficient (Wildman–Crippen LogP) is 4.05. The van der Waals surface area contributed by atoms with Crippen LogP contribution < -0.4 is 5.32 Å². The summed E-state index contributed by atoms with van der Waals surface area (Å²) in [6.45, 7) is 4.77. The van der Waals surface area contributed by atoms with Crippen LogP contribution in [0.2, 0.25) is 0 Å². The van der Waals surface area contributed by atoms with E-state index in [1.54, 1.807) is 0 Å². The van der Waals surface area contributed by atoms with Crippen LogP contribution in [-0.2, 0) is 0 Å². The lowest BCUT2D eigenvalue weighted by Crippen LogP contribution is -2.26. The Kier molecular flexibility index (Phi) is 6.20. The van der Waals surface area contributed by atoms with E-state index in [4.69, 9.17) is 0 Å². The summed E-state index contributed by atoms with van der Waals surface area (Å²) in [5.41, 5.74) is 1.73. The molecule has 17 heavy (non-hydrogen) atoms. The van der Waals surface area contributed by atoms with Crippen LogP contribution in [0.5, 0.6) is 0 Å². The van der Waals surface area contributed by atoms with E-state index in [2.05, 4.69) is 44.1 Å². The van der Waals surface area contributed by atoms with Crippen LogP contribution in [-0.4, -0.2) is 17.3 Å². The Morgan fingerprint density at radius 1 is 1.47 bits per heavy atom. The maximum atomic E-state index is 11.9. The monoisotopic (exact) mass is 361 g/mol. The van der Waals surface area contributed by atoms with Gasteiger partial charge in [0.25, 0.3) is 5.91 Å². The highest BCUT2D eigenvalue weighted by Crippen LogP contribution is 2.16. The quantitative estimate of drug-likeness (QED) is 0.786. The molecule has 0 aliphatic heterocycles. The molecule has 0 aliphatic carbocycles. The van der Waals surface area contributed by atoms with Crippen LogP contribution in [0, 0.1) is 6.92 Å². The molecular weight excluding hydrogens is 346 g/mol. The Bertz CT molecular complexity index is 393. The van der Waals surface area contributed by atoms with E-state index >= 15 is 0 Å². The molecule has 1 N–H and O–H groups in total. The van der Waals surface area contributed by atoms with Gasteiger partial charge in [0.2, 0.25) is 0 Å². The molecule has 0 aromatic heterocycles. The number of benzene rings is 1. The van der Waals surface area contributed by atoms with Crippen molar-refractivity contribution in [2.45, 2.75) is 31.5 Å². The van der Waals surface area contributed by atoms with Crippen molar-refractivity contribution in [3.05, 3.63) is 33.8 Å². The van der Waals surface area contributed by atoms with Gasteiger partial charge in [-0.1, -0.05) is 44.8 Å². The standard InChI is InChI=1S/C13H17Br2NO/c1-3-10(14)6-7-16-13(17)12-8-11(15)5-4-9(12)2/h4-5,8,10H,3,6-7H2,1-2H3,(H,16,17). The first-order valence-electron chi connectivity index (χ1n) is 5.73. The molecule has 1 aromatic carbocycles. The number of amides is 1. The predicted molar refractivity (Wildman–Crippen MR) is 78.8 cm³/mol. The number of carbonyl (C=O) groups excluding carboxylic acids is 1. The molecule has 1 aromatic rings. The minimum atomic E-state index is -0.000368. The van der Waals surface area contributed by atoms with Gasteiger partial charge in [0.15, 0.2) is 0 Å². The molecule has 0 heterocycles. The topological polar surface area (TPSA) is 29.1 Å². The third kappa shape index (κ3) is 4.80. The average molecular weight is 363 g/mol. The van der Waals surface area contributed by atoms with E-state index in [0.717, 1.165) is 28.4 Å². The van der Waals surface area contributed by atoms with Crippen molar-refractivity contribution >= 4 is 37.8 Å². The molecule has 0 saturated carbocycles. The molecular formula is C13H17Br2NO. The Balaban J connectivity index is 2.55. The number of rotatable bonds is 5. The first-order chi connectivity index (χ1) is 8.04. The summed E-state index contributed by atoms with van der Waals surface area (Å²) in [4.78, 5) is 12.4. The number of nitrogens with one attached hydrogen (secondary N) is 1. The second-order valence-corrected chi connectivity index (χ2v) is 6.22. The third-order valence-electron chi connectivity index (χ3n) is 2.63. The van der Waals surface area contributed by atoms with Crippen molar-refractivity contribution in [2.75, 3.05) is 6.54 Å². The van der Waals surface area contributed by atoms with Gasteiger partial charge in [0.1, 0.15) is 0 Å². The lowest BCUT2D eigenvalue weighted by atomic mass is 10.1. The Morgan fingerprint density at radius 3 is 2.82 bits per heavy atom. The Hall–Kier alpha value is -0.350. The van der Waals surface area contributed by atoms with E-state index in [0.29, 0.717) is 11.4 Å². The largest absolute Gasteiger partial charge is 0.352 e. The van der Waals surface area contributed by atoms with Gasteiger partial charge in [-0.15, -0.1) is 0 Å². The molecule has 0 radical (unpaired) electrons. The minimum absolute atomic E-state index is 0.000368. The third-order valence-corrected chi connectivity index (χ3v) is 4.23. The molecule has 1 unspecified atom stereocenters. The maximum Gasteiger partial charge on any atom is 0.251 e. The van der Waals surface area contributed by atoms with Crippen molar-refractivity contribution in [1.29, 1.82) is 0 Å². The summed E-state index contributed by atoms with van der Waals surface area (Å²) in [6.07, 6.45) is 2.03. The minimum Gasteiger partial charge on any atom is -0.352 e. The van der Waals surface area contributed by atoms with Crippen LogP contribution in [0.15, 0.2) is 22.7 Å².